The van der Waals surface area contributed by atoms with Crippen LogP contribution in [-0.2, 0) is 9.47 Å². The highest BCUT2D eigenvalue weighted by Gasteiger charge is 2.15. The normalized spacial score (nSPS) is 10.4. The van der Waals surface area contributed by atoms with Gasteiger partial charge in [-0.1, -0.05) is 0 Å². The Balaban J connectivity index is 3.15. The molecule has 0 saturated heterocycles. The van der Waals surface area contributed by atoms with E-state index in [1.165, 1.54) is 14.2 Å². The zero-order chi connectivity index (χ0) is 11.3. The van der Waals surface area contributed by atoms with E-state index >= 15 is 0 Å². The molecular weight excluding hydrogens is 196 g/mol. The average molecular weight is 210 g/mol. The van der Waals surface area contributed by atoms with E-state index in [1.807, 2.05) is 0 Å². The monoisotopic (exact) mass is 210 g/mol. The molecule has 1 aromatic rings. The van der Waals surface area contributed by atoms with Crippen LogP contribution in [0.2, 0.25) is 0 Å². The summed E-state index contributed by atoms with van der Waals surface area (Å²) in [4.78, 5) is 10.6. The molecule has 0 atom stereocenters. The Morgan fingerprint density at radius 3 is 2.33 bits per heavy atom. The molecule has 0 N–H and O–H groups in total. The molecule has 0 heterocycles. The van der Waals surface area contributed by atoms with Crippen molar-refractivity contribution in [2.75, 3.05) is 21.3 Å². The molecule has 4 heteroatoms. The number of aldehydes is 1. The van der Waals surface area contributed by atoms with Crippen molar-refractivity contribution >= 4 is 6.29 Å². The Kier molecular flexibility index (Phi) is 4.27. The molecule has 0 radical (unpaired) electrons. The maximum Gasteiger partial charge on any atom is 0.186 e. The Bertz CT molecular complexity index is 331. The number of benzene rings is 1. The summed E-state index contributed by atoms with van der Waals surface area (Å²) in [5.41, 5.74) is 1.26. The summed E-state index contributed by atoms with van der Waals surface area (Å²) in [6.07, 6.45) is 0.241. The molecule has 0 aliphatic carbocycles. The van der Waals surface area contributed by atoms with Crippen molar-refractivity contribution in [2.24, 2.45) is 0 Å². The molecule has 4 nitrogen and oxygen atoms in total. The van der Waals surface area contributed by atoms with Crippen molar-refractivity contribution in [2.45, 2.75) is 6.29 Å². The Labute approximate surface area is 88.8 Å². The largest absolute Gasteiger partial charge is 0.496 e. The molecule has 0 unspecified atom stereocenters. The molecule has 0 bridgehead atoms. The van der Waals surface area contributed by atoms with Gasteiger partial charge in [0.25, 0.3) is 0 Å². The fourth-order valence-corrected chi connectivity index (χ4v) is 1.36. The molecular formula is C11H14O4. The smallest absolute Gasteiger partial charge is 0.186 e. The van der Waals surface area contributed by atoms with Crippen LogP contribution >= 0.6 is 0 Å². The van der Waals surface area contributed by atoms with E-state index in [4.69, 9.17) is 14.2 Å². The van der Waals surface area contributed by atoms with E-state index in [0.29, 0.717) is 16.9 Å². The van der Waals surface area contributed by atoms with E-state index in [1.54, 1.807) is 25.3 Å². The third-order valence-electron chi connectivity index (χ3n) is 2.07. The van der Waals surface area contributed by atoms with Crippen LogP contribution in [0.4, 0.5) is 0 Å². The minimum absolute atomic E-state index is 0.528. The Morgan fingerprint density at radius 1 is 1.20 bits per heavy atom. The fourth-order valence-electron chi connectivity index (χ4n) is 1.36. The summed E-state index contributed by atoms with van der Waals surface area (Å²) in [7, 11) is 4.62. The predicted molar refractivity (Wildman–Crippen MR) is 55.1 cm³/mol. The number of carbonyl (C=O) groups is 1. The minimum Gasteiger partial charge on any atom is -0.496 e. The van der Waals surface area contributed by atoms with Crippen molar-refractivity contribution < 1.29 is 19.0 Å². The second-order valence-electron chi connectivity index (χ2n) is 2.92. The first-order valence-corrected chi connectivity index (χ1v) is 4.45. The SMILES string of the molecule is COc1ccc(C=O)cc1C(OC)OC. The number of ether oxygens (including phenoxy) is 3. The van der Waals surface area contributed by atoms with Crippen LogP contribution in [0.3, 0.4) is 0 Å². The predicted octanol–water partition coefficient (Wildman–Crippen LogP) is 1.80. The van der Waals surface area contributed by atoms with Gasteiger partial charge in [0.1, 0.15) is 12.0 Å². The van der Waals surface area contributed by atoms with Crippen LogP contribution in [-0.4, -0.2) is 27.6 Å². The van der Waals surface area contributed by atoms with Crippen LogP contribution in [0.1, 0.15) is 22.2 Å². The van der Waals surface area contributed by atoms with Gasteiger partial charge in [-0.25, -0.2) is 0 Å². The molecule has 0 spiro atoms. The van der Waals surface area contributed by atoms with E-state index in [-0.39, 0.29) is 0 Å². The van der Waals surface area contributed by atoms with Crippen LogP contribution in [0.15, 0.2) is 18.2 Å². The summed E-state index contributed by atoms with van der Waals surface area (Å²) >= 11 is 0. The summed E-state index contributed by atoms with van der Waals surface area (Å²) in [6, 6.07) is 5.07. The van der Waals surface area contributed by atoms with Crippen LogP contribution in [0.25, 0.3) is 0 Å². The van der Waals surface area contributed by atoms with Gasteiger partial charge in [0.15, 0.2) is 6.29 Å². The first-order valence-electron chi connectivity index (χ1n) is 4.45. The first-order chi connectivity index (χ1) is 7.26. The number of hydrogen-bond donors (Lipinski definition) is 0. The van der Waals surface area contributed by atoms with Gasteiger partial charge in [0, 0.05) is 19.8 Å². The van der Waals surface area contributed by atoms with Gasteiger partial charge in [-0.15, -0.1) is 0 Å². The number of methoxy groups -OCH3 is 3. The van der Waals surface area contributed by atoms with Gasteiger partial charge < -0.3 is 14.2 Å². The summed E-state index contributed by atoms with van der Waals surface area (Å²) in [5.74, 6) is 0.634. The van der Waals surface area contributed by atoms with Crippen LogP contribution in [0.5, 0.6) is 5.75 Å². The lowest BCUT2D eigenvalue weighted by molar-refractivity contribution is -0.106. The number of hydrogen-bond acceptors (Lipinski definition) is 4. The van der Waals surface area contributed by atoms with Gasteiger partial charge in [-0.2, -0.15) is 0 Å². The topological polar surface area (TPSA) is 44.8 Å². The third kappa shape index (κ3) is 2.55. The van der Waals surface area contributed by atoms with E-state index < -0.39 is 6.29 Å². The molecule has 1 aromatic carbocycles. The minimum atomic E-state index is -0.528. The molecule has 0 saturated carbocycles. The lowest BCUT2D eigenvalue weighted by atomic mass is 10.1. The Hall–Kier alpha value is -1.39. The second-order valence-corrected chi connectivity index (χ2v) is 2.92. The quantitative estimate of drug-likeness (QED) is 0.549. The zero-order valence-electron chi connectivity index (χ0n) is 9.02. The average Bonchev–Trinajstić information content (AvgIpc) is 2.30. The molecule has 0 fully saturated rings. The van der Waals surface area contributed by atoms with Crippen LogP contribution < -0.4 is 4.74 Å². The first kappa shape index (κ1) is 11.7. The van der Waals surface area contributed by atoms with Crippen molar-refractivity contribution in [3.8, 4) is 5.75 Å². The van der Waals surface area contributed by atoms with Crippen molar-refractivity contribution in [3.05, 3.63) is 29.3 Å². The highest BCUT2D eigenvalue weighted by molar-refractivity contribution is 5.75. The fraction of sp³-hybridized carbons (Fsp3) is 0.364. The van der Waals surface area contributed by atoms with E-state index in [0.717, 1.165) is 6.29 Å². The highest BCUT2D eigenvalue weighted by Crippen LogP contribution is 2.28. The number of carbonyl (C=O) groups excluding carboxylic acids is 1. The van der Waals surface area contributed by atoms with Gasteiger partial charge in [-0.3, -0.25) is 4.79 Å². The Morgan fingerprint density at radius 2 is 1.87 bits per heavy atom. The standard InChI is InChI=1S/C11H14O4/c1-13-10-5-4-8(7-12)6-9(10)11(14-2)15-3/h4-7,11H,1-3H3. The summed E-state index contributed by atoms with van der Waals surface area (Å²) in [5, 5.41) is 0. The van der Waals surface area contributed by atoms with Gasteiger partial charge in [0.2, 0.25) is 0 Å². The second kappa shape index (κ2) is 5.48. The van der Waals surface area contributed by atoms with Crippen molar-refractivity contribution in [1.29, 1.82) is 0 Å². The van der Waals surface area contributed by atoms with E-state index in [2.05, 4.69) is 0 Å². The summed E-state index contributed by atoms with van der Waals surface area (Å²) < 4.78 is 15.4. The molecule has 0 aliphatic heterocycles. The molecule has 82 valence electrons. The van der Waals surface area contributed by atoms with E-state index in [9.17, 15) is 4.79 Å². The van der Waals surface area contributed by atoms with Crippen molar-refractivity contribution in [1.82, 2.24) is 0 Å². The summed E-state index contributed by atoms with van der Waals surface area (Å²) in [6.45, 7) is 0. The molecule has 1 rings (SSSR count). The zero-order valence-corrected chi connectivity index (χ0v) is 9.02. The highest BCUT2D eigenvalue weighted by atomic mass is 16.7. The number of rotatable bonds is 5. The van der Waals surface area contributed by atoms with Crippen molar-refractivity contribution in [3.63, 3.8) is 0 Å². The molecule has 0 amide bonds. The van der Waals surface area contributed by atoms with Gasteiger partial charge in [-0.05, 0) is 18.2 Å². The lowest BCUT2D eigenvalue weighted by Gasteiger charge is -2.17. The molecule has 15 heavy (non-hydrogen) atoms. The maximum atomic E-state index is 10.6. The molecule has 0 aliphatic rings. The maximum absolute atomic E-state index is 10.6. The lowest BCUT2D eigenvalue weighted by Crippen LogP contribution is -2.06. The van der Waals surface area contributed by atoms with Crippen LogP contribution in [0, 0.1) is 0 Å². The van der Waals surface area contributed by atoms with Gasteiger partial charge >= 0.3 is 0 Å². The van der Waals surface area contributed by atoms with Gasteiger partial charge in [0.05, 0.1) is 12.7 Å². The molecule has 0 aromatic heterocycles. The third-order valence-corrected chi connectivity index (χ3v) is 2.07.